The Morgan fingerprint density at radius 1 is 0.909 bits per heavy atom. The second kappa shape index (κ2) is 7.95. The van der Waals surface area contributed by atoms with E-state index in [1.807, 2.05) is 0 Å². The molecule has 5 rings (SSSR count). The summed E-state index contributed by atoms with van der Waals surface area (Å²) >= 11 is 0. The lowest BCUT2D eigenvalue weighted by atomic mass is 9.86. The zero-order valence-electron chi connectivity index (χ0n) is 20.9. The van der Waals surface area contributed by atoms with E-state index in [1.165, 1.54) is 66.7 Å². The minimum Gasteiger partial charge on any atom is -0.253 e. The van der Waals surface area contributed by atoms with Crippen LogP contribution in [0.1, 0.15) is 77.1 Å². The van der Waals surface area contributed by atoms with Gasteiger partial charge >= 0.3 is 0 Å². The Morgan fingerprint density at radius 2 is 1.64 bits per heavy atom. The van der Waals surface area contributed by atoms with Crippen molar-refractivity contribution in [2.75, 3.05) is 0 Å². The van der Waals surface area contributed by atoms with E-state index < -0.39 is 0 Å². The summed E-state index contributed by atoms with van der Waals surface area (Å²) in [6.45, 7) is 15.9. The van der Waals surface area contributed by atoms with Crippen molar-refractivity contribution in [3.05, 3.63) is 98.4 Å². The van der Waals surface area contributed by atoms with E-state index in [1.54, 1.807) is 0 Å². The first-order valence-corrected chi connectivity index (χ1v) is 13.2. The number of hydrogen-bond acceptors (Lipinski definition) is 1. The van der Waals surface area contributed by atoms with Gasteiger partial charge in [-0.3, -0.25) is 4.99 Å². The van der Waals surface area contributed by atoms with Crippen molar-refractivity contribution in [3.8, 4) is 11.1 Å². The first-order chi connectivity index (χ1) is 15.7. The minimum absolute atomic E-state index is 0.176. The number of benzene rings is 2. The van der Waals surface area contributed by atoms with E-state index >= 15 is 0 Å². The molecule has 0 saturated carbocycles. The molecule has 0 N–H and O–H groups in total. The molecule has 1 atom stereocenters. The normalized spacial score (nSPS) is 19.6. The Bertz CT molecular complexity index is 1300. The summed E-state index contributed by atoms with van der Waals surface area (Å²) in [4.78, 5) is 4.92. The van der Waals surface area contributed by atoms with Crippen LogP contribution in [0.3, 0.4) is 0 Å². The molecule has 0 spiro atoms. The van der Waals surface area contributed by atoms with Crippen molar-refractivity contribution < 1.29 is 0 Å². The maximum atomic E-state index is 4.92. The van der Waals surface area contributed by atoms with E-state index in [0.717, 1.165) is 15.9 Å². The van der Waals surface area contributed by atoms with E-state index in [-0.39, 0.29) is 5.41 Å². The summed E-state index contributed by atoms with van der Waals surface area (Å²) in [5, 5.41) is 1.48. The molecule has 2 heteroatoms. The van der Waals surface area contributed by atoms with Crippen LogP contribution >= 0.6 is 0 Å². The Balaban J connectivity index is 1.47. The fraction of sp³-hybridized carbons (Fsp3) is 0.323. The van der Waals surface area contributed by atoms with Crippen LogP contribution in [0.2, 0.25) is 0 Å². The van der Waals surface area contributed by atoms with Gasteiger partial charge in [0.1, 0.15) is 0 Å². The van der Waals surface area contributed by atoms with Crippen molar-refractivity contribution in [2.24, 2.45) is 4.99 Å². The topological polar surface area (TPSA) is 12.4 Å². The lowest BCUT2D eigenvalue weighted by molar-refractivity contribution is 0.590. The van der Waals surface area contributed by atoms with Gasteiger partial charge in [-0.05, 0) is 77.6 Å². The first-order valence-electron chi connectivity index (χ1n) is 12.1. The quantitative estimate of drug-likeness (QED) is 0.419. The van der Waals surface area contributed by atoms with Crippen LogP contribution in [0.4, 0.5) is 0 Å². The average molecular weight is 448 g/mol. The minimum atomic E-state index is 0.176. The highest BCUT2D eigenvalue weighted by atomic mass is 28.2. The highest BCUT2D eigenvalue weighted by molar-refractivity contribution is 6.50. The Labute approximate surface area is 201 Å². The van der Waals surface area contributed by atoms with Crippen molar-refractivity contribution in [1.29, 1.82) is 0 Å². The van der Waals surface area contributed by atoms with Gasteiger partial charge in [0, 0.05) is 16.8 Å². The second-order valence-corrected chi connectivity index (χ2v) is 12.0. The summed E-state index contributed by atoms with van der Waals surface area (Å²) in [5.41, 5.74) is 15.7. The van der Waals surface area contributed by atoms with Crippen LogP contribution in [0, 0.1) is 0 Å². The standard InChI is InChI=1S/C31H33NSi/c1-8-26-19(3)29-20(4)28(17-27(29)32-26)33-30-18(2)16-25-23(10-9-11-24(25)30)21-12-14-22(15-13-21)31(5,6)7/h9-17,30H,8H2,1-7H3. The number of hydrogen-bond donors (Lipinski definition) is 0. The molecule has 1 nitrogen and oxygen atoms in total. The van der Waals surface area contributed by atoms with Crippen LogP contribution < -0.4 is 0 Å². The predicted octanol–water partition coefficient (Wildman–Crippen LogP) is 8.17. The van der Waals surface area contributed by atoms with Gasteiger partial charge in [0.2, 0.25) is 0 Å². The van der Waals surface area contributed by atoms with Crippen molar-refractivity contribution in [1.82, 2.24) is 0 Å². The second-order valence-electron chi connectivity index (χ2n) is 10.6. The average Bonchev–Trinajstić information content (AvgIpc) is 3.38. The van der Waals surface area contributed by atoms with Crippen molar-refractivity contribution in [2.45, 2.75) is 65.8 Å². The molecule has 166 valence electrons. The molecule has 2 radical (unpaired) electrons. The Morgan fingerprint density at radius 3 is 2.27 bits per heavy atom. The molecule has 2 aromatic rings. The summed E-state index contributed by atoms with van der Waals surface area (Å²) in [7, 11) is 0.734. The van der Waals surface area contributed by atoms with Crippen LogP contribution in [0.25, 0.3) is 17.2 Å². The summed E-state index contributed by atoms with van der Waals surface area (Å²) in [6.07, 6.45) is 5.79. The number of fused-ring (bicyclic) bond motifs is 2. The first kappa shape index (κ1) is 22.1. The molecule has 1 unspecified atom stereocenters. The smallest absolute Gasteiger partial charge is 0.0949 e. The molecule has 33 heavy (non-hydrogen) atoms. The fourth-order valence-corrected chi connectivity index (χ4v) is 6.96. The van der Waals surface area contributed by atoms with Crippen LogP contribution in [0.15, 0.2) is 86.7 Å². The van der Waals surface area contributed by atoms with Gasteiger partial charge in [-0.15, -0.1) is 0 Å². The molecule has 0 saturated heterocycles. The maximum absolute atomic E-state index is 4.92. The predicted molar refractivity (Wildman–Crippen MR) is 144 cm³/mol. The highest BCUT2D eigenvalue weighted by Crippen LogP contribution is 2.44. The monoisotopic (exact) mass is 447 g/mol. The fourth-order valence-electron chi connectivity index (χ4n) is 5.37. The SMILES string of the molecule is CCC1=NC2=CC([Si]C3C(C)=Cc4c(-c5ccc(C(C)(C)C)cc5)cccc43)=C(C)C2=C1C. The molecule has 3 aliphatic rings. The van der Waals surface area contributed by atoms with Gasteiger partial charge in [0.15, 0.2) is 0 Å². The maximum Gasteiger partial charge on any atom is 0.0949 e. The molecule has 2 aliphatic carbocycles. The van der Waals surface area contributed by atoms with Crippen molar-refractivity contribution >= 4 is 21.3 Å². The molecule has 0 amide bonds. The molecule has 1 aliphatic heterocycles. The Hall–Kier alpha value is -2.71. The molecular formula is C31H33NSi. The zero-order valence-corrected chi connectivity index (χ0v) is 21.9. The van der Waals surface area contributed by atoms with Gasteiger partial charge in [-0.1, -0.05) is 87.0 Å². The van der Waals surface area contributed by atoms with E-state index in [4.69, 9.17) is 4.99 Å². The highest BCUT2D eigenvalue weighted by Gasteiger charge is 2.31. The molecular weight excluding hydrogens is 414 g/mol. The lowest BCUT2D eigenvalue weighted by Gasteiger charge is -2.20. The van der Waals surface area contributed by atoms with E-state index in [9.17, 15) is 0 Å². The summed E-state index contributed by atoms with van der Waals surface area (Å²) in [6, 6.07) is 16.0. The van der Waals surface area contributed by atoms with Crippen LogP contribution in [-0.4, -0.2) is 15.2 Å². The zero-order chi connectivity index (χ0) is 23.5. The number of aliphatic imine (C=N–C) groups is 1. The lowest BCUT2D eigenvalue weighted by Crippen LogP contribution is -2.11. The molecule has 0 aromatic heterocycles. The third-order valence-corrected chi connectivity index (χ3v) is 9.24. The largest absolute Gasteiger partial charge is 0.253 e. The third-order valence-electron chi connectivity index (χ3n) is 7.35. The van der Waals surface area contributed by atoms with Gasteiger partial charge < -0.3 is 0 Å². The van der Waals surface area contributed by atoms with Crippen LogP contribution in [0.5, 0.6) is 0 Å². The molecule has 0 fully saturated rings. The summed E-state index contributed by atoms with van der Waals surface area (Å²) < 4.78 is 0. The number of nitrogens with zero attached hydrogens (tertiary/aromatic N) is 1. The van der Waals surface area contributed by atoms with Gasteiger partial charge in [0.25, 0.3) is 0 Å². The number of rotatable bonds is 4. The molecule has 2 aromatic carbocycles. The molecule has 0 bridgehead atoms. The van der Waals surface area contributed by atoms with E-state index in [2.05, 4.69) is 103 Å². The van der Waals surface area contributed by atoms with Crippen LogP contribution in [-0.2, 0) is 5.41 Å². The third kappa shape index (κ3) is 3.65. The van der Waals surface area contributed by atoms with E-state index in [0.29, 0.717) is 5.54 Å². The number of allylic oxidation sites excluding steroid dienone is 5. The Kier molecular flexibility index (Phi) is 5.32. The van der Waals surface area contributed by atoms with Gasteiger partial charge in [-0.2, -0.15) is 0 Å². The molecule has 1 heterocycles. The van der Waals surface area contributed by atoms with Crippen molar-refractivity contribution in [3.63, 3.8) is 0 Å². The van der Waals surface area contributed by atoms with Gasteiger partial charge in [-0.25, -0.2) is 0 Å². The summed E-state index contributed by atoms with van der Waals surface area (Å²) in [5.74, 6) is 0. The van der Waals surface area contributed by atoms with Gasteiger partial charge in [0.05, 0.1) is 15.2 Å².